The number of esters is 3. The number of carbonyl (C=O) groups is 3. The van der Waals surface area contributed by atoms with E-state index in [0.29, 0.717) is 11.3 Å². The molecule has 0 unspecified atom stereocenters. The maximum absolute atomic E-state index is 13.5. The summed E-state index contributed by atoms with van der Waals surface area (Å²) in [5.74, 6) is -2.50. The third-order valence-corrected chi connectivity index (χ3v) is 5.49. The molecule has 33 heavy (non-hydrogen) atoms. The van der Waals surface area contributed by atoms with Crippen molar-refractivity contribution in [2.45, 2.75) is 38.9 Å². The Bertz CT molecular complexity index is 1200. The van der Waals surface area contributed by atoms with Crippen molar-refractivity contribution in [3.8, 4) is 0 Å². The van der Waals surface area contributed by atoms with Crippen molar-refractivity contribution in [1.82, 2.24) is 0 Å². The lowest BCUT2D eigenvalue weighted by molar-refractivity contribution is -0.149. The quantitative estimate of drug-likeness (QED) is 0.530. The first-order valence-electron chi connectivity index (χ1n) is 10.5. The Morgan fingerprint density at radius 2 is 1.70 bits per heavy atom. The van der Waals surface area contributed by atoms with E-state index in [9.17, 15) is 14.4 Å². The van der Waals surface area contributed by atoms with Crippen LogP contribution in [0.25, 0.3) is 0 Å². The number of hydrogen-bond donors (Lipinski definition) is 2. The lowest BCUT2D eigenvalue weighted by Crippen LogP contribution is -2.48. The summed E-state index contributed by atoms with van der Waals surface area (Å²) in [6, 6.07) is 15.9. The van der Waals surface area contributed by atoms with E-state index >= 15 is 0 Å². The summed E-state index contributed by atoms with van der Waals surface area (Å²) < 4.78 is 16.4. The Morgan fingerprint density at radius 3 is 2.39 bits per heavy atom. The van der Waals surface area contributed by atoms with Gasteiger partial charge in [0, 0.05) is 11.3 Å². The zero-order valence-electron chi connectivity index (χ0n) is 18.5. The molecule has 4 rings (SSSR count). The highest BCUT2D eigenvalue weighted by Crippen LogP contribution is 2.52. The predicted molar refractivity (Wildman–Crippen MR) is 119 cm³/mol. The van der Waals surface area contributed by atoms with Gasteiger partial charge in [0.15, 0.2) is 5.41 Å². The fraction of sp³-hybridized carbons (Fsp3) is 0.240. The summed E-state index contributed by atoms with van der Waals surface area (Å²) in [4.78, 5) is 40.1. The molecule has 0 aromatic heterocycles. The molecule has 2 aromatic rings. The Hall–Kier alpha value is -4.07. The number of carbonyl (C=O) groups excluding carboxylic acids is 3. The molecule has 0 amide bonds. The minimum Gasteiger partial charge on any atom is -0.459 e. The number of para-hydroxylation sites is 1. The van der Waals surface area contributed by atoms with Crippen LogP contribution in [0, 0.1) is 0 Å². The molecule has 2 aliphatic rings. The van der Waals surface area contributed by atoms with Gasteiger partial charge in [-0.2, -0.15) is 0 Å². The van der Waals surface area contributed by atoms with E-state index < -0.39 is 29.4 Å². The minimum absolute atomic E-state index is 0.0222. The summed E-state index contributed by atoms with van der Waals surface area (Å²) in [5.41, 5.74) is 5.60. The summed E-state index contributed by atoms with van der Waals surface area (Å²) in [6.07, 6.45) is -0.483. The van der Waals surface area contributed by atoms with Crippen LogP contribution >= 0.6 is 0 Å². The first-order chi connectivity index (χ1) is 15.8. The van der Waals surface area contributed by atoms with E-state index in [1.807, 2.05) is 30.3 Å². The number of benzene rings is 2. The van der Waals surface area contributed by atoms with Gasteiger partial charge < -0.3 is 25.3 Å². The third kappa shape index (κ3) is 3.63. The van der Waals surface area contributed by atoms with Crippen LogP contribution in [-0.2, 0) is 40.6 Å². The highest BCUT2D eigenvalue weighted by molar-refractivity contribution is 6.15. The molecule has 2 aromatic carbocycles. The molecule has 3 N–H and O–H groups in total. The standard InChI is InChI=1S/C25H24N2O6/c1-14(2)32-23(29)20-21(26)27-18-12-8-7-11-17(18)25(20)19(15(3)33-24(25)30)22(28)31-13-16-9-5-4-6-10-16/h4-12,14,27H,13,26H2,1-3H3/t25-/m0/s1. The van der Waals surface area contributed by atoms with Gasteiger partial charge in [-0.15, -0.1) is 0 Å². The molecular formula is C25H24N2O6. The lowest BCUT2D eigenvalue weighted by Gasteiger charge is -2.36. The second-order valence-electron chi connectivity index (χ2n) is 8.05. The van der Waals surface area contributed by atoms with E-state index in [0.717, 1.165) is 5.56 Å². The second kappa shape index (κ2) is 8.46. The number of ether oxygens (including phenoxy) is 3. The van der Waals surface area contributed by atoms with Crippen molar-refractivity contribution in [3.05, 3.63) is 88.5 Å². The number of fused-ring (bicyclic) bond motifs is 2. The van der Waals surface area contributed by atoms with E-state index in [2.05, 4.69) is 5.32 Å². The first-order valence-corrected chi connectivity index (χ1v) is 10.5. The number of nitrogens with two attached hydrogens (primary N) is 1. The highest BCUT2D eigenvalue weighted by atomic mass is 16.6. The molecule has 8 heteroatoms. The molecule has 0 saturated heterocycles. The van der Waals surface area contributed by atoms with Crippen LogP contribution in [0.2, 0.25) is 0 Å². The Kier molecular flexibility index (Phi) is 5.68. The zero-order chi connectivity index (χ0) is 23.8. The van der Waals surface area contributed by atoms with Crippen molar-refractivity contribution in [2.24, 2.45) is 5.73 Å². The number of anilines is 1. The molecular weight excluding hydrogens is 424 g/mol. The summed E-state index contributed by atoms with van der Waals surface area (Å²) in [7, 11) is 0. The van der Waals surface area contributed by atoms with E-state index in [4.69, 9.17) is 19.9 Å². The average Bonchev–Trinajstić information content (AvgIpc) is 3.02. The maximum Gasteiger partial charge on any atom is 0.339 e. The topological polar surface area (TPSA) is 117 Å². The van der Waals surface area contributed by atoms with Gasteiger partial charge in [0.1, 0.15) is 29.3 Å². The maximum atomic E-state index is 13.5. The van der Waals surface area contributed by atoms with Gasteiger partial charge in [-0.25, -0.2) is 14.4 Å². The molecule has 0 aliphatic carbocycles. The molecule has 1 spiro atoms. The summed E-state index contributed by atoms with van der Waals surface area (Å²) >= 11 is 0. The summed E-state index contributed by atoms with van der Waals surface area (Å²) in [5, 5.41) is 2.94. The molecule has 0 bridgehead atoms. The molecule has 2 heterocycles. The molecule has 2 aliphatic heterocycles. The number of cyclic esters (lactones) is 1. The van der Waals surface area contributed by atoms with Crippen LogP contribution in [-0.4, -0.2) is 24.0 Å². The van der Waals surface area contributed by atoms with Crippen molar-refractivity contribution in [2.75, 3.05) is 5.32 Å². The SMILES string of the molecule is CC1=C(C(=O)OCc2ccccc2)[C@]2(C(=O)O1)C(C(=O)OC(C)C)=C(N)Nc1ccccc12. The second-order valence-corrected chi connectivity index (χ2v) is 8.05. The number of nitrogens with one attached hydrogen (secondary N) is 1. The Balaban J connectivity index is 1.86. The van der Waals surface area contributed by atoms with Crippen molar-refractivity contribution >= 4 is 23.6 Å². The van der Waals surface area contributed by atoms with E-state index in [1.54, 1.807) is 38.1 Å². The van der Waals surface area contributed by atoms with Crippen molar-refractivity contribution in [3.63, 3.8) is 0 Å². The van der Waals surface area contributed by atoms with E-state index in [1.165, 1.54) is 6.92 Å². The van der Waals surface area contributed by atoms with Gasteiger partial charge in [0.05, 0.1) is 6.10 Å². The van der Waals surface area contributed by atoms with Crippen LogP contribution < -0.4 is 11.1 Å². The van der Waals surface area contributed by atoms with Gasteiger partial charge in [0.25, 0.3) is 0 Å². The summed E-state index contributed by atoms with van der Waals surface area (Å²) in [6.45, 7) is 4.81. The van der Waals surface area contributed by atoms with Crippen LogP contribution in [0.4, 0.5) is 5.69 Å². The van der Waals surface area contributed by atoms with Gasteiger partial charge in [-0.1, -0.05) is 48.5 Å². The van der Waals surface area contributed by atoms with Gasteiger partial charge in [-0.3, -0.25) is 0 Å². The Morgan fingerprint density at radius 1 is 1.03 bits per heavy atom. The molecule has 8 nitrogen and oxygen atoms in total. The van der Waals surface area contributed by atoms with E-state index in [-0.39, 0.29) is 29.3 Å². The predicted octanol–water partition coefficient (Wildman–Crippen LogP) is 3.05. The minimum atomic E-state index is -1.92. The monoisotopic (exact) mass is 448 g/mol. The van der Waals surface area contributed by atoms with Crippen molar-refractivity contribution < 1.29 is 28.6 Å². The van der Waals surface area contributed by atoms with Gasteiger partial charge >= 0.3 is 17.9 Å². The molecule has 170 valence electrons. The molecule has 1 atom stereocenters. The number of rotatable bonds is 5. The van der Waals surface area contributed by atoms with Crippen LogP contribution in [0.5, 0.6) is 0 Å². The van der Waals surface area contributed by atoms with Crippen LogP contribution in [0.3, 0.4) is 0 Å². The van der Waals surface area contributed by atoms with Gasteiger partial charge in [-0.05, 0) is 32.4 Å². The zero-order valence-corrected chi connectivity index (χ0v) is 18.5. The fourth-order valence-corrected chi connectivity index (χ4v) is 4.20. The van der Waals surface area contributed by atoms with Gasteiger partial charge in [0.2, 0.25) is 0 Å². The van der Waals surface area contributed by atoms with Crippen LogP contribution in [0.15, 0.2) is 77.3 Å². The first kappa shape index (κ1) is 22.1. The lowest BCUT2D eigenvalue weighted by atomic mass is 9.67. The van der Waals surface area contributed by atoms with Crippen LogP contribution in [0.1, 0.15) is 31.9 Å². The smallest absolute Gasteiger partial charge is 0.339 e. The molecule has 0 fully saturated rings. The average molecular weight is 448 g/mol. The molecule has 0 radical (unpaired) electrons. The highest BCUT2D eigenvalue weighted by Gasteiger charge is 2.62. The normalized spacial score (nSPS) is 19.3. The number of hydrogen-bond acceptors (Lipinski definition) is 8. The largest absolute Gasteiger partial charge is 0.459 e. The number of allylic oxidation sites excluding steroid dienone is 1. The third-order valence-electron chi connectivity index (χ3n) is 5.49. The van der Waals surface area contributed by atoms with Crippen molar-refractivity contribution in [1.29, 1.82) is 0 Å². The fourth-order valence-electron chi connectivity index (χ4n) is 4.20. The molecule has 0 saturated carbocycles. The Labute approximate surface area is 191 Å².